The van der Waals surface area contributed by atoms with E-state index in [9.17, 15) is 4.39 Å². The maximum absolute atomic E-state index is 15.4. The predicted octanol–water partition coefficient (Wildman–Crippen LogP) is 8.08. The smallest absolute Gasteiger partial charge is 0.343 e. The molecule has 2 aliphatic rings. The summed E-state index contributed by atoms with van der Waals surface area (Å²) in [5.74, 6) is -12.5. The Balaban J connectivity index is 1.57. The van der Waals surface area contributed by atoms with E-state index >= 15 is 22.0 Å². The summed E-state index contributed by atoms with van der Waals surface area (Å²) in [5.41, 5.74) is -3.66. The zero-order chi connectivity index (χ0) is 26.1. The van der Waals surface area contributed by atoms with E-state index in [2.05, 4.69) is 6.92 Å². The lowest BCUT2D eigenvalue weighted by molar-refractivity contribution is -0.227. The number of unbranched alkanes of at least 4 members (excludes halogenated alkanes) is 1. The first-order chi connectivity index (χ1) is 17.1. The number of hydrogen-bond donors (Lipinski definition) is 0. The van der Waals surface area contributed by atoms with Gasteiger partial charge in [-0.3, -0.25) is 0 Å². The molecule has 2 unspecified atom stereocenters. The van der Waals surface area contributed by atoms with Gasteiger partial charge in [0.25, 0.3) is 0 Å². The molecule has 1 aliphatic heterocycles. The Morgan fingerprint density at radius 3 is 1.92 bits per heavy atom. The Labute approximate surface area is 208 Å². The number of aryl methyl sites for hydroxylation is 2. The van der Waals surface area contributed by atoms with Crippen molar-refractivity contribution in [3.05, 3.63) is 58.2 Å². The van der Waals surface area contributed by atoms with Crippen molar-refractivity contribution >= 4 is 0 Å². The largest absolute Gasteiger partial charge is 0.376 e. The predicted molar refractivity (Wildman–Crippen MR) is 126 cm³/mol. The highest BCUT2D eigenvalue weighted by Crippen LogP contribution is 2.59. The molecule has 2 aromatic carbocycles. The van der Waals surface area contributed by atoms with Crippen LogP contribution in [-0.2, 0) is 34.2 Å². The van der Waals surface area contributed by atoms with Gasteiger partial charge in [0.15, 0.2) is 0 Å². The normalized spacial score (nSPS) is 22.2. The van der Waals surface area contributed by atoms with E-state index in [4.69, 9.17) is 9.47 Å². The third-order valence-electron chi connectivity index (χ3n) is 7.19. The molecular formula is C28H32F6O2. The maximum atomic E-state index is 15.4. The van der Waals surface area contributed by atoms with Gasteiger partial charge in [-0.15, -0.1) is 0 Å². The second-order valence-corrected chi connectivity index (χ2v) is 9.74. The summed E-state index contributed by atoms with van der Waals surface area (Å²) in [6.45, 7) is 4.89. The van der Waals surface area contributed by atoms with E-state index in [-0.39, 0.29) is 36.2 Å². The first-order valence-electron chi connectivity index (χ1n) is 12.8. The molecule has 1 heterocycles. The van der Waals surface area contributed by atoms with Crippen LogP contribution < -0.4 is 0 Å². The topological polar surface area (TPSA) is 18.5 Å². The Bertz CT molecular complexity index is 1080. The van der Waals surface area contributed by atoms with Crippen molar-refractivity contribution in [1.29, 1.82) is 0 Å². The number of benzene rings is 2. The minimum atomic E-state index is -4.90. The number of ether oxygens (including phenoxy) is 2. The van der Waals surface area contributed by atoms with Crippen LogP contribution >= 0.6 is 0 Å². The van der Waals surface area contributed by atoms with Gasteiger partial charge in [-0.2, -0.15) is 17.6 Å². The lowest BCUT2D eigenvalue weighted by atomic mass is 9.78. The molecule has 198 valence electrons. The van der Waals surface area contributed by atoms with Crippen molar-refractivity contribution in [3.63, 3.8) is 0 Å². The van der Waals surface area contributed by atoms with Gasteiger partial charge in [-0.1, -0.05) is 51.0 Å². The summed E-state index contributed by atoms with van der Waals surface area (Å²) in [7, 11) is 0. The molecule has 0 N–H and O–H groups in total. The number of hydrogen-bond acceptors (Lipinski definition) is 2. The molecule has 1 saturated heterocycles. The minimum Gasteiger partial charge on any atom is -0.376 e. The van der Waals surface area contributed by atoms with Crippen LogP contribution in [0.4, 0.5) is 26.3 Å². The molecular weight excluding hydrogens is 482 g/mol. The first kappa shape index (κ1) is 27.0. The van der Waals surface area contributed by atoms with E-state index in [1.165, 1.54) is 24.3 Å². The summed E-state index contributed by atoms with van der Waals surface area (Å²) in [6.07, 6.45) is 4.31. The fourth-order valence-corrected chi connectivity index (χ4v) is 5.12. The van der Waals surface area contributed by atoms with Crippen molar-refractivity contribution in [2.45, 2.75) is 89.3 Å². The zero-order valence-corrected chi connectivity index (χ0v) is 20.6. The average molecular weight is 515 g/mol. The number of alkyl halides is 4. The van der Waals surface area contributed by atoms with Crippen molar-refractivity contribution in [3.8, 4) is 11.1 Å². The molecule has 0 aromatic heterocycles. The Morgan fingerprint density at radius 1 is 0.833 bits per heavy atom. The number of rotatable bonds is 9. The van der Waals surface area contributed by atoms with Crippen molar-refractivity contribution < 1.29 is 35.8 Å². The quantitative estimate of drug-likeness (QED) is 0.249. The van der Waals surface area contributed by atoms with Crippen molar-refractivity contribution in [1.82, 2.24) is 0 Å². The van der Waals surface area contributed by atoms with Crippen LogP contribution in [-0.4, -0.2) is 25.4 Å². The highest BCUT2D eigenvalue weighted by molar-refractivity contribution is 5.77. The molecule has 0 radical (unpaired) electrons. The molecule has 0 bridgehead atoms. The second-order valence-electron chi connectivity index (χ2n) is 9.74. The van der Waals surface area contributed by atoms with E-state index in [1.807, 2.05) is 0 Å². The molecule has 1 aliphatic carbocycles. The molecule has 8 heteroatoms. The minimum absolute atomic E-state index is 0.00695. The highest BCUT2D eigenvalue weighted by Gasteiger charge is 2.65. The summed E-state index contributed by atoms with van der Waals surface area (Å²) >= 11 is 0. The van der Waals surface area contributed by atoms with Crippen LogP contribution in [0, 0.1) is 11.6 Å². The van der Waals surface area contributed by atoms with Crippen molar-refractivity contribution in [2.75, 3.05) is 13.2 Å². The van der Waals surface area contributed by atoms with Gasteiger partial charge in [-0.05, 0) is 60.8 Å². The summed E-state index contributed by atoms with van der Waals surface area (Å²) in [4.78, 5) is 0. The third-order valence-corrected chi connectivity index (χ3v) is 7.19. The van der Waals surface area contributed by atoms with Gasteiger partial charge in [-0.25, -0.2) is 8.78 Å². The third kappa shape index (κ3) is 4.78. The Hall–Kier alpha value is -2.06. The standard InChI is InChI=1S/C28H32F6O2/c1-3-5-15-35-20-12-11-19(36-16-20)10-7-18-9-14-22-21-13-8-17(6-4-2)25(29)23(21)27(31,32)28(33,34)24(22)26(18)30/h8-9,13-14,19-20H,3-7,10-12,15-16H2,1-2H3. The molecule has 0 spiro atoms. The van der Waals surface area contributed by atoms with E-state index in [0.717, 1.165) is 19.3 Å². The van der Waals surface area contributed by atoms with E-state index < -0.39 is 45.7 Å². The molecule has 2 aromatic rings. The van der Waals surface area contributed by atoms with E-state index in [0.29, 0.717) is 32.5 Å². The molecule has 1 fully saturated rings. The maximum Gasteiger partial charge on any atom is 0.343 e. The fourth-order valence-electron chi connectivity index (χ4n) is 5.12. The van der Waals surface area contributed by atoms with E-state index in [1.54, 1.807) is 6.92 Å². The van der Waals surface area contributed by atoms with Gasteiger partial charge >= 0.3 is 11.8 Å². The fraction of sp³-hybridized carbons (Fsp3) is 0.571. The van der Waals surface area contributed by atoms with Crippen LogP contribution in [0.15, 0.2) is 24.3 Å². The second kappa shape index (κ2) is 10.7. The van der Waals surface area contributed by atoms with Gasteiger partial charge < -0.3 is 9.47 Å². The lowest BCUT2D eigenvalue weighted by Crippen LogP contribution is -2.41. The molecule has 0 saturated carbocycles. The number of halogens is 6. The molecule has 36 heavy (non-hydrogen) atoms. The van der Waals surface area contributed by atoms with Gasteiger partial charge in [0.1, 0.15) is 11.6 Å². The van der Waals surface area contributed by atoms with Crippen LogP contribution in [0.3, 0.4) is 0 Å². The van der Waals surface area contributed by atoms with Crippen LogP contribution in [0.25, 0.3) is 11.1 Å². The van der Waals surface area contributed by atoms with Crippen LogP contribution in [0.1, 0.15) is 74.6 Å². The van der Waals surface area contributed by atoms with Crippen molar-refractivity contribution in [2.24, 2.45) is 0 Å². The average Bonchev–Trinajstić information content (AvgIpc) is 2.84. The monoisotopic (exact) mass is 514 g/mol. The Morgan fingerprint density at radius 2 is 1.42 bits per heavy atom. The number of fused-ring (bicyclic) bond motifs is 3. The van der Waals surface area contributed by atoms with Crippen LogP contribution in [0.2, 0.25) is 0 Å². The SMILES string of the molecule is CCCCOC1CCC(CCc2ccc3c(c2F)C(F)(F)C(F)(F)c2c-3ccc(CCC)c2F)OC1. The van der Waals surface area contributed by atoms with Crippen LogP contribution in [0.5, 0.6) is 0 Å². The molecule has 4 rings (SSSR count). The molecule has 2 nitrogen and oxygen atoms in total. The summed E-state index contributed by atoms with van der Waals surface area (Å²) < 4.78 is 102. The summed E-state index contributed by atoms with van der Waals surface area (Å²) in [6, 6.07) is 5.04. The Kier molecular flexibility index (Phi) is 8.05. The first-order valence-corrected chi connectivity index (χ1v) is 12.8. The van der Waals surface area contributed by atoms with Gasteiger partial charge in [0.2, 0.25) is 0 Å². The van der Waals surface area contributed by atoms with Gasteiger partial charge in [0, 0.05) is 6.61 Å². The lowest BCUT2D eigenvalue weighted by Gasteiger charge is -2.36. The highest BCUT2D eigenvalue weighted by atomic mass is 19.3. The zero-order valence-electron chi connectivity index (χ0n) is 20.6. The van der Waals surface area contributed by atoms with Gasteiger partial charge in [0.05, 0.1) is 29.9 Å². The summed E-state index contributed by atoms with van der Waals surface area (Å²) in [5, 5.41) is 0. The molecule has 0 amide bonds. The molecule has 2 atom stereocenters.